The monoisotopic (exact) mass is 389 g/mol. The van der Waals surface area contributed by atoms with Crippen molar-refractivity contribution in [2.45, 2.75) is 0 Å². The number of aromatic nitrogens is 2. The number of rotatable bonds is 4. The standard InChI is InChI=1S/C22H16ClN3O2/c1-28-22(27)15-11-9-14(10-12-15)20-18-7-2-3-8-19(18)21(26-25-20)24-17-6-4-5-16(23)13-17/h2-13H,1H3,(H,24,26). The van der Waals surface area contributed by atoms with Crippen LogP contribution in [-0.4, -0.2) is 23.3 Å². The van der Waals surface area contributed by atoms with Gasteiger partial charge in [0.05, 0.1) is 12.7 Å². The molecule has 1 heterocycles. The summed E-state index contributed by atoms with van der Waals surface area (Å²) in [7, 11) is 1.36. The first-order chi connectivity index (χ1) is 13.7. The molecule has 0 amide bonds. The minimum atomic E-state index is -0.372. The van der Waals surface area contributed by atoms with Crippen LogP contribution in [0, 0.1) is 0 Å². The second kappa shape index (κ2) is 7.66. The molecule has 28 heavy (non-hydrogen) atoms. The fraction of sp³-hybridized carbons (Fsp3) is 0.0455. The van der Waals surface area contributed by atoms with Gasteiger partial charge in [-0.1, -0.05) is 54.1 Å². The molecule has 0 spiro atoms. The second-order valence-electron chi connectivity index (χ2n) is 6.15. The van der Waals surface area contributed by atoms with Crippen LogP contribution in [0.3, 0.4) is 0 Å². The van der Waals surface area contributed by atoms with Crippen molar-refractivity contribution < 1.29 is 9.53 Å². The van der Waals surface area contributed by atoms with E-state index in [-0.39, 0.29) is 5.97 Å². The molecule has 0 bridgehead atoms. The van der Waals surface area contributed by atoms with Crippen molar-refractivity contribution in [3.05, 3.63) is 83.4 Å². The summed E-state index contributed by atoms with van der Waals surface area (Å²) in [6, 6.07) is 22.5. The summed E-state index contributed by atoms with van der Waals surface area (Å²) in [6.07, 6.45) is 0. The first-order valence-corrected chi connectivity index (χ1v) is 9.00. The van der Waals surface area contributed by atoms with Gasteiger partial charge >= 0.3 is 5.97 Å². The normalized spacial score (nSPS) is 10.6. The number of nitrogens with one attached hydrogen (secondary N) is 1. The fourth-order valence-electron chi connectivity index (χ4n) is 2.99. The summed E-state index contributed by atoms with van der Waals surface area (Å²) in [5.41, 5.74) is 2.93. The topological polar surface area (TPSA) is 64.1 Å². The molecule has 0 fully saturated rings. The highest BCUT2D eigenvalue weighted by molar-refractivity contribution is 6.30. The molecule has 5 nitrogen and oxygen atoms in total. The van der Waals surface area contributed by atoms with E-state index in [0.29, 0.717) is 16.4 Å². The number of ether oxygens (including phenoxy) is 1. The van der Waals surface area contributed by atoms with Gasteiger partial charge in [0.15, 0.2) is 5.82 Å². The smallest absolute Gasteiger partial charge is 0.337 e. The molecular formula is C22H16ClN3O2. The third-order valence-corrected chi connectivity index (χ3v) is 4.59. The molecule has 0 aliphatic heterocycles. The molecule has 1 aromatic heterocycles. The molecule has 4 rings (SSSR count). The van der Waals surface area contributed by atoms with Gasteiger partial charge in [0.1, 0.15) is 5.69 Å². The Bertz CT molecular complexity index is 1160. The summed E-state index contributed by atoms with van der Waals surface area (Å²) in [4.78, 5) is 11.6. The number of halogens is 1. The summed E-state index contributed by atoms with van der Waals surface area (Å²) in [6.45, 7) is 0. The Morgan fingerprint density at radius 1 is 0.929 bits per heavy atom. The van der Waals surface area contributed by atoms with Crippen molar-refractivity contribution in [2.24, 2.45) is 0 Å². The van der Waals surface area contributed by atoms with Crippen molar-refractivity contribution in [2.75, 3.05) is 12.4 Å². The van der Waals surface area contributed by atoms with E-state index in [9.17, 15) is 4.79 Å². The quantitative estimate of drug-likeness (QED) is 0.468. The van der Waals surface area contributed by atoms with Gasteiger partial charge in [-0.2, -0.15) is 0 Å². The Kier molecular flexibility index (Phi) is 4.91. The second-order valence-corrected chi connectivity index (χ2v) is 6.58. The van der Waals surface area contributed by atoms with Crippen LogP contribution in [0.15, 0.2) is 72.8 Å². The predicted molar refractivity (Wildman–Crippen MR) is 111 cm³/mol. The van der Waals surface area contributed by atoms with E-state index in [1.54, 1.807) is 12.1 Å². The molecular weight excluding hydrogens is 374 g/mol. The molecule has 0 saturated carbocycles. The van der Waals surface area contributed by atoms with Gasteiger partial charge in [-0.15, -0.1) is 10.2 Å². The lowest BCUT2D eigenvalue weighted by Crippen LogP contribution is -2.01. The molecule has 0 radical (unpaired) electrons. The largest absolute Gasteiger partial charge is 0.465 e. The molecule has 138 valence electrons. The molecule has 0 atom stereocenters. The minimum Gasteiger partial charge on any atom is -0.465 e. The van der Waals surface area contributed by atoms with Crippen LogP contribution in [0.5, 0.6) is 0 Å². The first kappa shape index (κ1) is 17.9. The highest BCUT2D eigenvalue weighted by atomic mass is 35.5. The average Bonchev–Trinajstić information content (AvgIpc) is 2.74. The van der Waals surface area contributed by atoms with Crippen LogP contribution in [0.25, 0.3) is 22.0 Å². The van der Waals surface area contributed by atoms with Crippen LogP contribution in [0.2, 0.25) is 5.02 Å². The number of methoxy groups -OCH3 is 1. The number of benzene rings is 3. The Balaban J connectivity index is 1.76. The first-order valence-electron chi connectivity index (χ1n) is 8.62. The molecule has 0 aliphatic rings. The van der Waals surface area contributed by atoms with Crippen molar-refractivity contribution in [3.63, 3.8) is 0 Å². The summed E-state index contributed by atoms with van der Waals surface area (Å²) in [5.74, 6) is 0.274. The van der Waals surface area contributed by atoms with E-state index in [1.807, 2.05) is 60.7 Å². The molecule has 0 aliphatic carbocycles. The molecule has 6 heteroatoms. The highest BCUT2D eigenvalue weighted by Gasteiger charge is 2.12. The third kappa shape index (κ3) is 3.52. The molecule has 0 unspecified atom stereocenters. The Labute approximate surface area is 166 Å². The van der Waals surface area contributed by atoms with E-state index in [1.165, 1.54) is 7.11 Å². The lowest BCUT2D eigenvalue weighted by atomic mass is 10.0. The third-order valence-electron chi connectivity index (χ3n) is 4.35. The van der Waals surface area contributed by atoms with Crippen molar-refractivity contribution >= 4 is 39.8 Å². The number of carbonyl (C=O) groups is 1. The van der Waals surface area contributed by atoms with E-state index >= 15 is 0 Å². The zero-order valence-electron chi connectivity index (χ0n) is 15.0. The summed E-state index contributed by atoms with van der Waals surface area (Å²) >= 11 is 6.07. The maximum atomic E-state index is 11.6. The number of fused-ring (bicyclic) bond motifs is 1. The van der Waals surface area contributed by atoms with Gasteiger partial charge in [0.25, 0.3) is 0 Å². The van der Waals surface area contributed by atoms with Crippen LogP contribution < -0.4 is 5.32 Å². The number of nitrogens with zero attached hydrogens (tertiary/aromatic N) is 2. The van der Waals surface area contributed by atoms with Crippen LogP contribution in [0.1, 0.15) is 10.4 Å². The van der Waals surface area contributed by atoms with E-state index < -0.39 is 0 Å². The average molecular weight is 390 g/mol. The van der Waals surface area contributed by atoms with Gasteiger partial charge in [-0.25, -0.2) is 4.79 Å². The highest BCUT2D eigenvalue weighted by Crippen LogP contribution is 2.31. The zero-order valence-corrected chi connectivity index (χ0v) is 15.8. The van der Waals surface area contributed by atoms with E-state index in [4.69, 9.17) is 16.3 Å². The SMILES string of the molecule is COC(=O)c1ccc(-c2nnc(Nc3cccc(Cl)c3)c3ccccc23)cc1. The zero-order chi connectivity index (χ0) is 19.5. The van der Waals surface area contributed by atoms with E-state index in [2.05, 4.69) is 15.5 Å². The predicted octanol–water partition coefficient (Wildman–Crippen LogP) is 5.48. The van der Waals surface area contributed by atoms with Gasteiger partial charge in [-0.05, 0) is 30.3 Å². The minimum absolute atomic E-state index is 0.372. The van der Waals surface area contributed by atoms with Crippen molar-refractivity contribution in [1.82, 2.24) is 10.2 Å². The number of anilines is 2. The van der Waals surface area contributed by atoms with Gasteiger partial charge in [0, 0.05) is 27.0 Å². The summed E-state index contributed by atoms with van der Waals surface area (Å²) in [5, 5.41) is 14.6. The van der Waals surface area contributed by atoms with Crippen LogP contribution in [0.4, 0.5) is 11.5 Å². The molecule has 1 N–H and O–H groups in total. The van der Waals surface area contributed by atoms with E-state index in [0.717, 1.165) is 27.7 Å². The van der Waals surface area contributed by atoms with Gasteiger partial charge in [0.2, 0.25) is 0 Å². The number of carbonyl (C=O) groups excluding carboxylic acids is 1. The van der Waals surface area contributed by atoms with Crippen LogP contribution in [-0.2, 0) is 4.74 Å². The lowest BCUT2D eigenvalue weighted by molar-refractivity contribution is 0.0601. The molecule has 4 aromatic rings. The Hall–Kier alpha value is -3.44. The van der Waals surface area contributed by atoms with Gasteiger partial charge < -0.3 is 10.1 Å². The Morgan fingerprint density at radius 3 is 2.39 bits per heavy atom. The number of hydrogen-bond acceptors (Lipinski definition) is 5. The van der Waals surface area contributed by atoms with Crippen LogP contribution >= 0.6 is 11.6 Å². The fourth-order valence-corrected chi connectivity index (χ4v) is 3.18. The number of hydrogen-bond donors (Lipinski definition) is 1. The summed E-state index contributed by atoms with van der Waals surface area (Å²) < 4.78 is 4.75. The molecule has 3 aromatic carbocycles. The lowest BCUT2D eigenvalue weighted by Gasteiger charge is -2.11. The molecule has 0 saturated heterocycles. The Morgan fingerprint density at radius 2 is 1.68 bits per heavy atom. The van der Waals surface area contributed by atoms with Gasteiger partial charge in [-0.3, -0.25) is 0 Å². The maximum Gasteiger partial charge on any atom is 0.337 e. The number of esters is 1. The van der Waals surface area contributed by atoms with Crippen molar-refractivity contribution in [3.8, 4) is 11.3 Å². The van der Waals surface area contributed by atoms with Crippen molar-refractivity contribution in [1.29, 1.82) is 0 Å². The maximum absolute atomic E-state index is 11.6.